The maximum atomic E-state index is 11.8. The summed E-state index contributed by atoms with van der Waals surface area (Å²) in [7, 11) is 0. The molecular formula is C35H43Cl2N5O2. The Morgan fingerprint density at radius 2 is 0.909 bits per heavy atom. The number of aromatic amines is 2. The van der Waals surface area contributed by atoms with E-state index in [1.807, 2.05) is 41.5 Å². The van der Waals surface area contributed by atoms with Gasteiger partial charge in [-0.3, -0.25) is 9.78 Å². The van der Waals surface area contributed by atoms with Crippen molar-refractivity contribution in [3.8, 4) is 0 Å². The van der Waals surface area contributed by atoms with E-state index >= 15 is 0 Å². The second-order valence-electron chi connectivity index (χ2n) is 11.7. The summed E-state index contributed by atoms with van der Waals surface area (Å²) in [5.74, 6) is 0. The van der Waals surface area contributed by atoms with Crippen molar-refractivity contribution in [1.29, 1.82) is 0 Å². The standard InChI is InChI=1S/C12H12Cl2N2.C12H14N2O2.C11H17N/c1-5-6(2)8(4)10-9(7(5)3)11(13)16-12(14)15-10;1-5-6(2)8(4)10-9(7(5)3)11(15)14-12(16)13-10;1-6-7(2)9(4)11(12)10(5)8(6)3/h1-4H3;1-4H3,(H2,13,14,15,16);12H2,1-5H3. The summed E-state index contributed by atoms with van der Waals surface area (Å²) in [6.07, 6.45) is 0. The minimum absolute atomic E-state index is 0.197. The molecule has 9 heteroatoms. The molecule has 0 unspecified atom stereocenters. The van der Waals surface area contributed by atoms with Gasteiger partial charge in [-0.05, 0) is 174 Å². The van der Waals surface area contributed by atoms with Gasteiger partial charge >= 0.3 is 5.69 Å². The lowest BCUT2D eigenvalue weighted by Crippen LogP contribution is -2.23. The molecule has 0 bridgehead atoms. The topological polar surface area (TPSA) is 118 Å². The van der Waals surface area contributed by atoms with E-state index in [2.05, 4.69) is 68.4 Å². The summed E-state index contributed by atoms with van der Waals surface area (Å²) in [4.78, 5) is 36.2. The quantitative estimate of drug-likeness (QED) is 0.0896. The third-order valence-electron chi connectivity index (χ3n) is 9.69. The van der Waals surface area contributed by atoms with Gasteiger partial charge in [-0.1, -0.05) is 11.6 Å². The zero-order valence-corrected chi connectivity index (χ0v) is 29.6. The molecule has 0 aliphatic carbocycles. The number of hydrogen-bond donors (Lipinski definition) is 3. The first-order valence-corrected chi connectivity index (χ1v) is 15.2. The highest BCUT2D eigenvalue weighted by atomic mass is 35.5. The molecule has 0 fully saturated rings. The van der Waals surface area contributed by atoms with Crippen LogP contribution >= 0.6 is 23.2 Å². The third-order valence-corrected chi connectivity index (χ3v) is 10.1. The fraction of sp³-hybridized carbons (Fsp3) is 0.371. The van der Waals surface area contributed by atoms with Crippen LogP contribution in [0, 0.1) is 90.0 Å². The van der Waals surface area contributed by atoms with E-state index in [9.17, 15) is 9.59 Å². The molecule has 0 atom stereocenters. The molecule has 2 aromatic heterocycles. The fourth-order valence-electron chi connectivity index (χ4n) is 5.53. The molecule has 0 amide bonds. The molecule has 234 valence electrons. The number of hydrogen-bond acceptors (Lipinski definition) is 5. The van der Waals surface area contributed by atoms with Gasteiger partial charge in [-0.25, -0.2) is 14.8 Å². The Bertz CT molecular complexity index is 1970. The second kappa shape index (κ2) is 13.1. The highest BCUT2D eigenvalue weighted by Gasteiger charge is 2.15. The zero-order chi connectivity index (χ0) is 33.5. The number of nitrogens with zero attached hydrogens (tertiary/aromatic N) is 2. The van der Waals surface area contributed by atoms with Crippen molar-refractivity contribution >= 4 is 50.7 Å². The monoisotopic (exact) mass is 635 g/mol. The Balaban J connectivity index is 0.000000183. The largest absolute Gasteiger partial charge is 0.398 e. The van der Waals surface area contributed by atoms with Crippen molar-refractivity contribution in [2.24, 2.45) is 0 Å². The average Bonchev–Trinajstić information content (AvgIpc) is 2.97. The van der Waals surface area contributed by atoms with Gasteiger partial charge in [-0.2, -0.15) is 0 Å². The van der Waals surface area contributed by atoms with Crippen molar-refractivity contribution in [1.82, 2.24) is 19.9 Å². The van der Waals surface area contributed by atoms with Crippen LogP contribution in [0.4, 0.5) is 5.69 Å². The molecule has 0 radical (unpaired) electrons. The predicted molar refractivity (Wildman–Crippen MR) is 187 cm³/mol. The second-order valence-corrected chi connectivity index (χ2v) is 12.4. The lowest BCUT2D eigenvalue weighted by molar-refractivity contribution is 1.06. The maximum absolute atomic E-state index is 11.8. The molecule has 0 aliphatic rings. The normalized spacial score (nSPS) is 10.9. The van der Waals surface area contributed by atoms with Crippen molar-refractivity contribution in [2.75, 3.05) is 5.73 Å². The van der Waals surface area contributed by atoms with Crippen molar-refractivity contribution < 1.29 is 0 Å². The lowest BCUT2D eigenvalue weighted by atomic mass is 9.93. The van der Waals surface area contributed by atoms with Crippen LogP contribution < -0.4 is 17.0 Å². The fourth-order valence-corrected chi connectivity index (χ4v) is 6.05. The van der Waals surface area contributed by atoms with Crippen molar-refractivity contribution in [2.45, 2.75) is 90.0 Å². The molecule has 2 heterocycles. The van der Waals surface area contributed by atoms with Crippen LogP contribution in [0.15, 0.2) is 9.59 Å². The summed E-state index contributed by atoms with van der Waals surface area (Å²) in [5.41, 5.74) is 22.9. The van der Waals surface area contributed by atoms with E-state index in [0.717, 1.165) is 50.0 Å². The summed E-state index contributed by atoms with van der Waals surface area (Å²) >= 11 is 12.0. The van der Waals surface area contributed by atoms with Gasteiger partial charge in [0.15, 0.2) is 0 Å². The molecule has 3 aromatic carbocycles. The van der Waals surface area contributed by atoms with Crippen molar-refractivity contribution in [3.63, 3.8) is 0 Å². The molecule has 44 heavy (non-hydrogen) atoms. The Kier molecular flexibility index (Phi) is 10.4. The molecule has 0 saturated carbocycles. The van der Waals surface area contributed by atoms with Crippen LogP contribution in [0.5, 0.6) is 0 Å². The first kappa shape index (κ1) is 34.8. The van der Waals surface area contributed by atoms with Crippen LogP contribution in [0.1, 0.15) is 72.3 Å². The van der Waals surface area contributed by atoms with Crippen LogP contribution in [0.3, 0.4) is 0 Å². The summed E-state index contributed by atoms with van der Waals surface area (Å²) in [6, 6.07) is 0. The van der Waals surface area contributed by atoms with E-state index in [0.29, 0.717) is 16.1 Å². The smallest absolute Gasteiger partial charge is 0.326 e. The first-order chi connectivity index (χ1) is 20.3. The Morgan fingerprint density at radius 3 is 1.43 bits per heavy atom. The summed E-state index contributed by atoms with van der Waals surface area (Å²) < 4.78 is 0. The van der Waals surface area contributed by atoms with E-state index in [1.165, 1.54) is 38.9 Å². The molecule has 5 rings (SSSR count). The van der Waals surface area contributed by atoms with Gasteiger partial charge in [-0.15, -0.1) is 0 Å². The maximum Gasteiger partial charge on any atom is 0.326 e. The summed E-state index contributed by atoms with van der Waals surface area (Å²) in [5, 5.41) is 2.12. The van der Waals surface area contributed by atoms with Gasteiger partial charge in [0.1, 0.15) is 5.15 Å². The van der Waals surface area contributed by atoms with Gasteiger partial charge in [0.05, 0.1) is 16.4 Å². The number of fused-ring (bicyclic) bond motifs is 2. The minimum atomic E-state index is -0.455. The van der Waals surface area contributed by atoms with Gasteiger partial charge in [0.25, 0.3) is 5.56 Å². The van der Waals surface area contributed by atoms with Crippen molar-refractivity contribution in [3.05, 3.63) is 104 Å². The number of aryl methyl sites for hydroxylation is 4. The van der Waals surface area contributed by atoms with E-state index in [4.69, 9.17) is 28.9 Å². The number of benzene rings is 3. The molecule has 0 saturated heterocycles. The van der Waals surface area contributed by atoms with Crippen LogP contribution in [0.25, 0.3) is 21.8 Å². The van der Waals surface area contributed by atoms with E-state index < -0.39 is 5.69 Å². The molecule has 5 aromatic rings. The molecule has 0 aliphatic heterocycles. The zero-order valence-electron chi connectivity index (χ0n) is 28.0. The highest BCUT2D eigenvalue weighted by Crippen LogP contribution is 2.32. The summed E-state index contributed by atoms with van der Waals surface area (Å²) in [6.45, 7) is 26.6. The first-order valence-electron chi connectivity index (χ1n) is 14.5. The predicted octanol–water partition coefficient (Wildman–Crippen LogP) is 8.43. The average molecular weight is 637 g/mol. The Hall–Kier alpha value is -3.68. The number of anilines is 1. The van der Waals surface area contributed by atoms with Crippen LogP contribution in [-0.2, 0) is 0 Å². The highest BCUT2D eigenvalue weighted by molar-refractivity contribution is 6.36. The molecule has 7 nitrogen and oxygen atoms in total. The Labute approximate surface area is 269 Å². The number of nitrogen functional groups attached to an aromatic ring is 1. The van der Waals surface area contributed by atoms with Gasteiger partial charge in [0, 0.05) is 11.1 Å². The Morgan fingerprint density at radius 1 is 0.500 bits per heavy atom. The number of H-pyrrole nitrogens is 2. The number of aromatic nitrogens is 4. The minimum Gasteiger partial charge on any atom is -0.398 e. The number of nitrogens with one attached hydrogen (secondary N) is 2. The number of nitrogens with two attached hydrogens (primary N) is 1. The van der Waals surface area contributed by atoms with Gasteiger partial charge in [0.2, 0.25) is 5.28 Å². The van der Waals surface area contributed by atoms with Crippen LogP contribution in [0.2, 0.25) is 10.4 Å². The number of halogens is 2. The van der Waals surface area contributed by atoms with Crippen LogP contribution in [-0.4, -0.2) is 19.9 Å². The lowest BCUT2D eigenvalue weighted by Gasteiger charge is -2.15. The van der Waals surface area contributed by atoms with E-state index in [-0.39, 0.29) is 10.8 Å². The third kappa shape index (κ3) is 6.26. The molecule has 4 N–H and O–H groups in total. The van der Waals surface area contributed by atoms with E-state index in [1.54, 1.807) is 0 Å². The SMILES string of the molecule is Cc1c(C)c(C)c(N)c(C)c1C.Cc1c(C)c(C)c2c(=O)[nH]c(=O)[nH]c2c1C.Cc1c(C)c(C)c2c(Cl)nc(Cl)nc2c1C. The van der Waals surface area contributed by atoms with Gasteiger partial charge < -0.3 is 10.7 Å². The molecule has 0 spiro atoms. The molecular weight excluding hydrogens is 593 g/mol. The number of rotatable bonds is 0.